The Bertz CT molecular complexity index is 435. The minimum Gasteiger partial charge on any atom is -0.545 e. The number of rotatable bonds is 8. The van der Waals surface area contributed by atoms with E-state index in [0.29, 0.717) is 12.2 Å². The molecule has 0 unspecified atom stereocenters. The third-order valence-corrected chi connectivity index (χ3v) is 1.40. The molecule has 0 saturated heterocycles. The Kier molecular flexibility index (Phi) is 20.5. The maximum atomic E-state index is 10.5. The number of carbonyl (C=O) groups excluding carboxylic acids is 4. The zero-order chi connectivity index (χ0) is 17.4. The van der Waals surface area contributed by atoms with E-state index in [1.807, 2.05) is 0 Å². The summed E-state index contributed by atoms with van der Waals surface area (Å²) in [6.07, 6.45) is 5.52. The Morgan fingerprint density at radius 1 is 0.739 bits per heavy atom. The number of esters is 2. The van der Waals surface area contributed by atoms with Crippen molar-refractivity contribution in [1.29, 1.82) is 0 Å². The second-order valence-electron chi connectivity index (χ2n) is 3.14. The van der Waals surface area contributed by atoms with E-state index in [4.69, 9.17) is 0 Å². The van der Waals surface area contributed by atoms with Gasteiger partial charge in [0.05, 0.1) is 11.9 Å². The topological polar surface area (TPSA) is 133 Å². The zero-order valence-corrected chi connectivity index (χ0v) is 14.5. The Hall–Kier alpha value is -1.90. The average molecular weight is 350 g/mol. The standard InChI is InChI=1S/2C7H8O4.Ca/c2*1-2-5-11-7(10)4-3-6(8)9;/h2*2-4H,1,5H2,(H,8,9);/q;;+2/p-2/b2*4-3+;. The summed E-state index contributed by atoms with van der Waals surface area (Å²) in [4.78, 5) is 40.4. The maximum Gasteiger partial charge on any atom is 2.00 e. The van der Waals surface area contributed by atoms with Gasteiger partial charge in [-0.25, -0.2) is 9.59 Å². The third-order valence-electron chi connectivity index (χ3n) is 1.40. The van der Waals surface area contributed by atoms with Crippen LogP contribution in [0.5, 0.6) is 0 Å². The molecule has 0 atom stereocenters. The van der Waals surface area contributed by atoms with E-state index in [1.54, 1.807) is 0 Å². The molecule has 0 aromatic carbocycles. The summed E-state index contributed by atoms with van der Waals surface area (Å²) in [5, 5.41) is 19.5. The van der Waals surface area contributed by atoms with E-state index in [0.717, 1.165) is 12.2 Å². The molecule has 8 nitrogen and oxygen atoms in total. The van der Waals surface area contributed by atoms with Gasteiger partial charge in [0.2, 0.25) is 0 Å². The monoisotopic (exact) mass is 350 g/mol. The smallest absolute Gasteiger partial charge is 0.545 e. The van der Waals surface area contributed by atoms with Gasteiger partial charge in [-0.05, 0) is 12.2 Å². The van der Waals surface area contributed by atoms with Crippen molar-refractivity contribution < 1.29 is 38.9 Å². The van der Waals surface area contributed by atoms with Crippen LogP contribution in [0.2, 0.25) is 0 Å². The molecule has 0 bridgehead atoms. The molecule has 0 saturated carbocycles. The predicted octanol–water partition coefficient (Wildman–Crippen LogP) is -2.34. The SMILES string of the molecule is C=CCOC(=O)/C=C/C(=O)[O-].C=CCOC(=O)/C=C/C(=O)[O-].[Ca+2]. The number of carboxylic acid groups (broad SMARTS) is 2. The number of carbonyl (C=O) groups is 4. The van der Waals surface area contributed by atoms with Crippen LogP contribution < -0.4 is 10.2 Å². The van der Waals surface area contributed by atoms with Crippen molar-refractivity contribution >= 4 is 61.6 Å². The number of hydrogen-bond donors (Lipinski definition) is 0. The van der Waals surface area contributed by atoms with Gasteiger partial charge in [-0.2, -0.15) is 0 Å². The molecule has 0 N–H and O–H groups in total. The minimum atomic E-state index is -1.43. The zero-order valence-electron chi connectivity index (χ0n) is 12.3. The summed E-state index contributed by atoms with van der Waals surface area (Å²) in [5.74, 6) is -4.32. The second kappa shape index (κ2) is 18.1. The molecule has 0 amide bonds. The van der Waals surface area contributed by atoms with E-state index in [2.05, 4.69) is 22.6 Å². The molecule has 0 aliphatic rings. The van der Waals surface area contributed by atoms with E-state index < -0.39 is 23.9 Å². The van der Waals surface area contributed by atoms with Crippen molar-refractivity contribution in [3.63, 3.8) is 0 Å². The number of hydrogen-bond acceptors (Lipinski definition) is 8. The Morgan fingerprint density at radius 2 is 1.04 bits per heavy atom. The first-order chi connectivity index (χ1) is 10.3. The van der Waals surface area contributed by atoms with Crippen LogP contribution in [0.1, 0.15) is 0 Å². The van der Waals surface area contributed by atoms with Gasteiger partial charge in [0.1, 0.15) is 13.2 Å². The Morgan fingerprint density at radius 3 is 1.26 bits per heavy atom. The molecular formula is C14H14CaO8. The molecule has 120 valence electrons. The predicted molar refractivity (Wildman–Crippen MR) is 76.4 cm³/mol. The molecule has 0 heterocycles. The molecule has 0 spiro atoms. The fourth-order valence-corrected chi connectivity index (χ4v) is 0.651. The molecular weight excluding hydrogens is 336 g/mol. The van der Waals surface area contributed by atoms with Crippen molar-refractivity contribution in [1.82, 2.24) is 0 Å². The Balaban J connectivity index is -0.000000333. The number of ether oxygens (including phenoxy) is 2. The van der Waals surface area contributed by atoms with Gasteiger partial charge in [-0.1, -0.05) is 25.3 Å². The van der Waals surface area contributed by atoms with Crippen molar-refractivity contribution in [2.75, 3.05) is 13.2 Å². The van der Waals surface area contributed by atoms with Crippen molar-refractivity contribution in [3.05, 3.63) is 49.6 Å². The van der Waals surface area contributed by atoms with E-state index in [-0.39, 0.29) is 51.0 Å². The van der Waals surface area contributed by atoms with Gasteiger partial charge in [-0.15, -0.1) is 0 Å². The van der Waals surface area contributed by atoms with Gasteiger partial charge in [0.25, 0.3) is 0 Å². The summed E-state index contributed by atoms with van der Waals surface area (Å²) < 4.78 is 8.81. The summed E-state index contributed by atoms with van der Waals surface area (Å²) in [5.41, 5.74) is 0. The second-order valence-corrected chi connectivity index (χ2v) is 3.14. The quantitative estimate of drug-likeness (QED) is 0.206. The minimum absolute atomic E-state index is 0. The molecule has 0 fully saturated rings. The van der Waals surface area contributed by atoms with E-state index >= 15 is 0 Å². The largest absolute Gasteiger partial charge is 2.00 e. The molecule has 23 heavy (non-hydrogen) atoms. The number of carboxylic acids is 2. The summed E-state index contributed by atoms with van der Waals surface area (Å²) in [6, 6.07) is 0. The molecule has 0 aromatic heterocycles. The molecule has 0 rings (SSSR count). The van der Waals surface area contributed by atoms with Crippen molar-refractivity contribution in [2.45, 2.75) is 0 Å². The van der Waals surface area contributed by atoms with E-state index in [1.165, 1.54) is 12.2 Å². The molecule has 9 heteroatoms. The van der Waals surface area contributed by atoms with Crippen LogP contribution in [-0.2, 0) is 28.7 Å². The molecule has 0 aliphatic carbocycles. The Labute approximate surface area is 162 Å². The summed E-state index contributed by atoms with van der Waals surface area (Å²) in [7, 11) is 0. The average Bonchev–Trinajstić information content (AvgIpc) is 2.47. The van der Waals surface area contributed by atoms with Gasteiger partial charge >= 0.3 is 49.7 Å². The van der Waals surface area contributed by atoms with Crippen molar-refractivity contribution in [3.8, 4) is 0 Å². The summed E-state index contributed by atoms with van der Waals surface area (Å²) in [6.45, 7) is 6.73. The van der Waals surface area contributed by atoms with Crippen LogP contribution in [0, 0.1) is 0 Å². The fraction of sp³-hybridized carbons (Fsp3) is 0.143. The first kappa shape index (κ1) is 26.0. The number of aliphatic carboxylic acids is 2. The van der Waals surface area contributed by atoms with Crippen molar-refractivity contribution in [2.24, 2.45) is 0 Å². The fourth-order valence-electron chi connectivity index (χ4n) is 0.651. The van der Waals surface area contributed by atoms with E-state index in [9.17, 15) is 29.4 Å². The van der Waals surface area contributed by atoms with Crippen LogP contribution >= 0.6 is 0 Å². The normalized spacial score (nSPS) is 9.04. The van der Waals surface area contributed by atoms with Crippen LogP contribution in [-0.4, -0.2) is 74.8 Å². The maximum absolute atomic E-state index is 10.5. The third kappa shape index (κ3) is 25.4. The summed E-state index contributed by atoms with van der Waals surface area (Å²) >= 11 is 0. The van der Waals surface area contributed by atoms with Gasteiger partial charge in [0, 0.05) is 12.2 Å². The van der Waals surface area contributed by atoms with Gasteiger partial charge < -0.3 is 29.3 Å². The molecule has 0 aromatic rings. The van der Waals surface area contributed by atoms with Gasteiger partial charge in [-0.3, -0.25) is 0 Å². The van der Waals surface area contributed by atoms with Crippen LogP contribution in [0.4, 0.5) is 0 Å². The molecule has 0 aliphatic heterocycles. The van der Waals surface area contributed by atoms with Gasteiger partial charge in [0.15, 0.2) is 0 Å². The molecule has 0 radical (unpaired) electrons. The first-order valence-electron chi connectivity index (χ1n) is 5.66. The first-order valence-corrected chi connectivity index (χ1v) is 5.66. The van der Waals surface area contributed by atoms with Crippen LogP contribution in [0.25, 0.3) is 0 Å². The van der Waals surface area contributed by atoms with Crippen LogP contribution in [0.15, 0.2) is 49.6 Å². The van der Waals surface area contributed by atoms with Crippen LogP contribution in [0.3, 0.4) is 0 Å².